The molecule has 4 aromatic rings. The van der Waals surface area contributed by atoms with E-state index in [9.17, 15) is 14.4 Å². The normalized spacial score (nSPS) is 13.2. The number of rotatable bonds is 8. The number of pyridine rings is 1. The average molecular weight is 532 g/mol. The third kappa shape index (κ3) is 5.57. The van der Waals surface area contributed by atoms with E-state index in [1.807, 2.05) is 43.3 Å². The molecule has 0 spiro atoms. The van der Waals surface area contributed by atoms with Gasteiger partial charge in [0.2, 0.25) is 0 Å². The van der Waals surface area contributed by atoms with E-state index in [0.29, 0.717) is 39.6 Å². The number of imide groups is 1. The molecule has 192 valence electrons. The van der Waals surface area contributed by atoms with Crippen molar-refractivity contribution in [2.75, 3.05) is 0 Å². The summed E-state index contributed by atoms with van der Waals surface area (Å²) in [6, 6.07) is 17.9. The quantitative estimate of drug-likeness (QED) is 0.289. The second-order valence-corrected chi connectivity index (χ2v) is 9.03. The van der Waals surface area contributed by atoms with E-state index in [1.54, 1.807) is 18.2 Å². The summed E-state index contributed by atoms with van der Waals surface area (Å²) in [6.45, 7) is 1.83. The topological polar surface area (TPSA) is 112 Å². The van der Waals surface area contributed by atoms with Gasteiger partial charge in [-0.2, -0.15) is 0 Å². The highest BCUT2D eigenvalue weighted by atomic mass is 35.5. The number of hydrogen-bond acceptors (Lipinski definition) is 8. The van der Waals surface area contributed by atoms with Crippen molar-refractivity contribution < 1.29 is 28.4 Å². The third-order valence-corrected chi connectivity index (χ3v) is 6.11. The zero-order valence-corrected chi connectivity index (χ0v) is 21.1. The molecule has 0 radical (unpaired) electrons. The van der Waals surface area contributed by atoms with Gasteiger partial charge in [-0.15, -0.1) is 5.06 Å². The number of amides is 2. The van der Waals surface area contributed by atoms with Crippen LogP contribution in [0.25, 0.3) is 11.3 Å². The molecule has 5 rings (SSSR count). The lowest BCUT2D eigenvalue weighted by molar-refractivity contribution is -0.172. The van der Waals surface area contributed by atoms with Crippen molar-refractivity contribution in [3.05, 3.63) is 100 Å². The molecule has 0 atom stereocenters. The molecule has 0 aliphatic carbocycles. The first kappa shape index (κ1) is 25.2. The van der Waals surface area contributed by atoms with Gasteiger partial charge in [-0.3, -0.25) is 14.6 Å². The number of aryl methyl sites for hydroxylation is 1. The average Bonchev–Trinajstić information content (AvgIpc) is 3.43. The molecule has 2 aromatic carbocycles. The molecule has 1 aliphatic rings. The molecule has 0 bridgehead atoms. The van der Waals surface area contributed by atoms with Gasteiger partial charge < -0.3 is 14.0 Å². The van der Waals surface area contributed by atoms with Crippen LogP contribution in [0.4, 0.5) is 0 Å². The molecule has 1 aliphatic heterocycles. The van der Waals surface area contributed by atoms with Crippen molar-refractivity contribution in [1.82, 2.24) is 15.0 Å². The van der Waals surface area contributed by atoms with Crippen LogP contribution in [0.2, 0.25) is 5.02 Å². The van der Waals surface area contributed by atoms with Gasteiger partial charge in [0.05, 0.1) is 11.3 Å². The molecular weight excluding hydrogens is 510 g/mol. The number of carbonyl (C=O) groups excluding carboxylic acids is 3. The predicted molar refractivity (Wildman–Crippen MR) is 136 cm³/mol. The van der Waals surface area contributed by atoms with Crippen LogP contribution in [0.3, 0.4) is 0 Å². The minimum Gasteiger partial charge on any atom is -0.487 e. The molecule has 0 unspecified atom stereocenters. The van der Waals surface area contributed by atoms with E-state index >= 15 is 0 Å². The number of halogens is 1. The van der Waals surface area contributed by atoms with Crippen molar-refractivity contribution in [3.8, 4) is 17.0 Å². The lowest BCUT2D eigenvalue weighted by Crippen LogP contribution is -2.32. The van der Waals surface area contributed by atoms with Crippen LogP contribution in [0.5, 0.6) is 5.75 Å². The number of aromatic nitrogens is 2. The van der Waals surface area contributed by atoms with Gasteiger partial charge >= 0.3 is 5.97 Å². The van der Waals surface area contributed by atoms with E-state index in [4.69, 9.17) is 25.6 Å². The van der Waals surface area contributed by atoms with Gasteiger partial charge in [-0.1, -0.05) is 23.7 Å². The molecule has 0 N–H and O–H groups in total. The van der Waals surface area contributed by atoms with E-state index in [2.05, 4.69) is 9.97 Å². The summed E-state index contributed by atoms with van der Waals surface area (Å²) in [5.41, 5.74) is 3.00. The van der Waals surface area contributed by atoms with E-state index in [-0.39, 0.29) is 25.0 Å². The summed E-state index contributed by atoms with van der Waals surface area (Å²) in [5.74, 6) is -0.128. The standard InChI is InChI=1S/C28H22ClN3O6/c1-17-27(31-24(37-17)15-18-4-2-5-20(29)14-18)19-7-9-21(10-8-19)36-16-23-22(6-3-13-30-23)28(35)38-32-25(33)11-12-26(32)34/h2-10,13-14H,11-12,15-16H2,1H3. The fraction of sp³-hybridized carbons (Fsp3) is 0.179. The molecule has 0 saturated carbocycles. The van der Waals surface area contributed by atoms with Crippen LogP contribution >= 0.6 is 11.6 Å². The first-order valence-corrected chi connectivity index (χ1v) is 12.2. The molecule has 1 fully saturated rings. The summed E-state index contributed by atoms with van der Waals surface area (Å²) in [4.78, 5) is 50.0. The van der Waals surface area contributed by atoms with Crippen LogP contribution in [0.1, 0.15) is 46.1 Å². The Morgan fingerprint density at radius 2 is 1.82 bits per heavy atom. The minimum atomic E-state index is -0.856. The SMILES string of the molecule is Cc1oc(Cc2cccc(Cl)c2)nc1-c1ccc(OCc2ncccc2C(=O)ON2C(=O)CCC2=O)cc1. The number of hydrogen-bond donors (Lipinski definition) is 0. The Morgan fingerprint density at radius 1 is 1.05 bits per heavy atom. The Balaban J connectivity index is 1.24. The van der Waals surface area contributed by atoms with Crippen molar-refractivity contribution in [3.63, 3.8) is 0 Å². The number of hydroxylamine groups is 2. The molecular formula is C28H22ClN3O6. The zero-order valence-electron chi connectivity index (χ0n) is 20.3. The van der Waals surface area contributed by atoms with Crippen molar-refractivity contribution >= 4 is 29.4 Å². The van der Waals surface area contributed by atoms with Crippen LogP contribution in [0.15, 0.2) is 71.3 Å². The van der Waals surface area contributed by atoms with Gasteiger partial charge in [0.1, 0.15) is 23.8 Å². The van der Waals surface area contributed by atoms with Crippen LogP contribution in [-0.2, 0) is 27.5 Å². The van der Waals surface area contributed by atoms with Gasteiger partial charge in [0.25, 0.3) is 11.8 Å². The van der Waals surface area contributed by atoms with E-state index in [1.165, 1.54) is 12.3 Å². The van der Waals surface area contributed by atoms with E-state index < -0.39 is 17.8 Å². The monoisotopic (exact) mass is 531 g/mol. The first-order valence-electron chi connectivity index (χ1n) is 11.8. The maximum absolute atomic E-state index is 12.6. The highest BCUT2D eigenvalue weighted by Crippen LogP contribution is 2.27. The molecule has 10 heteroatoms. The van der Waals surface area contributed by atoms with Crippen molar-refractivity contribution in [1.29, 1.82) is 0 Å². The van der Waals surface area contributed by atoms with Crippen LogP contribution in [-0.4, -0.2) is 32.8 Å². The Hall–Kier alpha value is -4.50. The molecule has 2 amide bonds. The summed E-state index contributed by atoms with van der Waals surface area (Å²) in [5, 5.41) is 1.17. The molecule has 2 aromatic heterocycles. The summed E-state index contributed by atoms with van der Waals surface area (Å²) in [7, 11) is 0. The minimum absolute atomic E-state index is 0.0161. The first-order chi connectivity index (χ1) is 18.4. The number of carbonyl (C=O) groups is 3. The second-order valence-electron chi connectivity index (χ2n) is 8.59. The van der Waals surface area contributed by atoms with Gasteiger partial charge in [-0.05, 0) is 61.0 Å². The molecule has 9 nitrogen and oxygen atoms in total. The highest BCUT2D eigenvalue weighted by molar-refractivity contribution is 6.30. The second kappa shape index (κ2) is 10.9. The van der Waals surface area contributed by atoms with Crippen LogP contribution < -0.4 is 4.74 Å². The maximum Gasteiger partial charge on any atom is 0.365 e. The lowest BCUT2D eigenvalue weighted by atomic mass is 10.1. The predicted octanol–water partition coefficient (Wildman–Crippen LogP) is 5.09. The Labute approximate surface area is 222 Å². The smallest absolute Gasteiger partial charge is 0.365 e. The Kier molecular flexibility index (Phi) is 7.19. The number of ether oxygens (including phenoxy) is 1. The fourth-order valence-corrected chi connectivity index (χ4v) is 4.22. The van der Waals surface area contributed by atoms with Crippen molar-refractivity contribution in [2.45, 2.75) is 32.8 Å². The van der Waals surface area contributed by atoms with E-state index in [0.717, 1.165) is 16.8 Å². The van der Waals surface area contributed by atoms with Gasteiger partial charge in [0.15, 0.2) is 5.89 Å². The lowest BCUT2D eigenvalue weighted by Gasteiger charge is -2.14. The Bertz CT molecular complexity index is 1500. The summed E-state index contributed by atoms with van der Waals surface area (Å²) < 4.78 is 11.7. The Morgan fingerprint density at radius 3 is 2.55 bits per heavy atom. The third-order valence-electron chi connectivity index (χ3n) is 5.88. The molecule has 3 heterocycles. The maximum atomic E-state index is 12.6. The fourth-order valence-electron chi connectivity index (χ4n) is 4.01. The largest absolute Gasteiger partial charge is 0.487 e. The van der Waals surface area contributed by atoms with Crippen LogP contribution in [0, 0.1) is 6.92 Å². The number of nitrogens with zero attached hydrogens (tertiary/aromatic N) is 3. The van der Waals surface area contributed by atoms with Gasteiger partial charge in [-0.25, -0.2) is 9.78 Å². The summed E-state index contributed by atoms with van der Waals surface area (Å²) >= 11 is 6.08. The zero-order chi connectivity index (χ0) is 26.6. The van der Waals surface area contributed by atoms with Crippen molar-refractivity contribution in [2.24, 2.45) is 0 Å². The molecule has 1 saturated heterocycles. The number of benzene rings is 2. The highest BCUT2D eigenvalue weighted by Gasteiger charge is 2.33. The molecule has 38 heavy (non-hydrogen) atoms. The number of oxazole rings is 1. The summed E-state index contributed by atoms with van der Waals surface area (Å²) in [6.07, 6.45) is 2.07. The van der Waals surface area contributed by atoms with Gasteiger partial charge in [0, 0.05) is 36.0 Å².